The lowest BCUT2D eigenvalue weighted by Gasteiger charge is -2.08. The zero-order chi connectivity index (χ0) is 12.3. The number of hydrogen-bond acceptors (Lipinski definition) is 2. The van der Waals surface area contributed by atoms with Crippen molar-refractivity contribution >= 4 is 40.8 Å². The van der Waals surface area contributed by atoms with E-state index in [9.17, 15) is 9.59 Å². The van der Waals surface area contributed by atoms with Gasteiger partial charge in [-0.1, -0.05) is 23.2 Å². The molecule has 16 heavy (non-hydrogen) atoms. The second-order valence-corrected chi connectivity index (χ2v) is 3.99. The topological polar surface area (TPSA) is 66.4 Å². The number of benzene rings is 1. The van der Waals surface area contributed by atoms with Crippen molar-refractivity contribution in [3.63, 3.8) is 0 Å². The Morgan fingerprint density at radius 3 is 2.44 bits per heavy atom. The Morgan fingerprint density at radius 2 is 1.94 bits per heavy atom. The SMILES string of the molecule is CC(C(=O)O)C(=O)Nc1ccc(Cl)c(Cl)c1. The Morgan fingerprint density at radius 1 is 1.31 bits per heavy atom. The molecule has 0 aliphatic rings. The van der Waals surface area contributed by atoms with Gasteiger partial charge in [-0.15, -0.1) is 0 Å². The molecule has 0 aliphatic carbocycles. The number of aliphatic carboxylic acids is 1. The fourth-order valence-corrected chi connectivity index (χ4v) is 1.23. The molecule has 0 aliphatic heterocycles. The molecule has 0 aromatic heterocycles. The van der Waals surface area contributed by atoms with Gasteiger partial charge in [0.1, 0.15) is 5.92 Å². The second-order valence-electron chi connectivity index (χ2n) is 3.18. The number of nitrogens with one attached hydrogen (secondary N) is 1. The quantitative estimate of drug-likeness (QED) is 0.823. The van der Waals surface area contributed by atoms with E-state index in [0.29, 0.717) is 15.7 Å². The normalized spacial score (nSPS) is 11.9. The maximum Gasteiger partial charge on any atom is 0.315 e. The molecule has 2 N–H and O–H groups in total. The molecule has 0 radical (unpaired) electrons. The minimum Gasteiger partial charge on any atom is -0.481 e. The lowest BCUT2D eigenvalue weighted by molar-refractivity contribution is -0.144. The van der Waals surface area contributed by atoms with E-state index in [1.54, 1.807) is 6.07 Å². The fraction of sp³-hybridized carbons (Fsp3) is 0.200. The van der Waals surface area contributed by atoms with Gasteiger partial charge in [0.2, 0.25) is 5.91 Å². The molecule has 1 rings (SSSR count). The Labute approximate surface area is 102 Å². The number of halogens is 2. The maximum atomic E-state index is 11.4. The van der Waals surface area contributed by atoms with Gasteiger partial charge >= 0.3 is 5.97 Å². The molecule has 86 valence electrons. The molecule has 0 bridgehead atoms. The summed E-state index contributed by atoms with van der Waals surface area (Å²) in [6.07, 6.45) is 0. The maximum absolute atomic E-state index is 11.4. The van der Waals surface area contributed by atoms with Crippen molar-refractivity contribution in [1.82, 2.24) is 0 Å². The number of amides is 1. The first-order valence-corrected chi connectivity index (χ1v) is 5.16. The molecule has 1 atom stereocenters. The molecule has 1 aromatic rings. The summed E-state index contributed by atoms with van der Waals surface area (Å²) >= 11 is 11.4. The molecule has 0 fully saturated rings. The predicted molar refractivity (Wildman–Crippen MR) is 61.9 cm³/mol. The minimum atomic E-state index is -1.18. The summed E-state index contributed by atoms with van der Waals surface area (Å²) in [4.78, 5) is 21.9. The lowest BCUT2D eigenvalue weighted by atomic mass is 10.1. The van der Waals surface area contributed by atoms with Crippen LogP contribution in [0.2, 0.25) is 10.0 Å². The molecule has 4 nitrogen and oxygen atoms in total. The minimum absolute atomic E-state index is 0.294. The Kier molecular flexibility index (Phi) is 4.15. The van der Waals surface area contributed by atoms with E-state index in [-0.39, 0.29) is 0 Å². The van der Waals surface area contributed by atoms with Gasteiger partial charge in [-0.2, -0.15) is 0 Å². The van der Waals surface area contributed by atoms with Crippen LogP contribution in [0.3, 0.4) is 0 Å². The molecular formula is C10H9Cl2NO3. The van der Waals surface area contributed by atoms with Gasteiger partial charge in [-0.25, -0.2) is 0 Å². The number of carboxylic acids is 1. The fourth-order valence-electron chi connectivity index (χ4n) is 0.937. The molecule has 0 saturated heterocycles. The van der Waals surface area contributed by atoms with Crippen LogP contribution in [0.1, 0.15) is 6.92 Å². The highest BCUT2D eigenvalue weighted by Gasteiger charge is 2.20. The van der Waals surface area contributed by atoms with Crippen molar-refractivity contribution < 1.29 is 14.7 Å². The van der Waals surface area contributed by atoms with Gasteiger partial charge in [0.05, 0.1) is 10.0 Å². The third-order valence-electron chi connectivity index (χ3n) is 1.95. The van der Waals surface area contributed by atoms with Crippen LogP contribution in [0.4, 0.5) is 5.69 Å². The van der Waals surface area contributed by atoms with E-state index >= 15 is 0 Å². The van der Waals surface area contributed by atoms with Crippen LogP contribution < -0.4 is 5.32 Å². The van der Waals surface area contributed by atoms with Gasteiger partial charge in [-0.05, 0) is 25.1 Å². The third kappa shape index (κ3) is 3.12. The smallest absolute Gasteiger partial charge is 0.315 e. The van der Waals surface area contributed by atoms with Crippen molar-refractivity contribution in [2.45, 2.75) is 6.92 Å². The number of hydrogen-bond donors (Lipinski definition) is 2. The lowest BCUT2D eigenvalue weighted by Crippen LogP contribution is -2.26. The predicted octanol–water partition coefficient (Wildman–Crippen LogP) is 2.65. The van der Waals surface area contributed by atoms with E-state index in [0.717, 1.165) is 0 Å². The standard InChI is InChI=1S/C10H9Cl2NO3/c1-5(10(15)16)9(14)13-6-2-3-7(11)8(12)4-6/h2-5H,1H3,(H,13,14)(H,15,16). The molecule has 0 spiro atoms. The summed E-state index contributed by atoms with van der Waals surface area (Å²) in [6.45, 7) is 1.30. The van der Waals surface area contributed by atoms with Crippen LogP contribution >= 0.6 is 23.2 Å². The van der Waals surface area contributed by atoms with E-state index in [1.165, 1.54) is 19.1 Å². The van der Waals surface area contributed by atoms with E-state index in [4.69, 9.17) is 28.3 Å². The molecule has 1 aromatic carbocycles. The molecule has 1 amide bonds. The summed E-state index contributed by atoms with van der Waals surface area (Å²) in [7, 11) is 0. The highest BCUT2D eigenvalue weighted by atomic mass is 35.5. The number of carbonyl (C=O) groups is 2. The van der Waals surface area contributed by atoms with Crippen molar-refractivity contribution in [2.24, 2.45) is 5.92 Å². The van der Waals surface area contributed by atoms with Crippen LogP contribution in [-0.4, -0.2) is 17.0 Å². The van der Waals surface area contributed by atoms with Crippen LogP contribution in [0.5, 0.6) is 0 Å². The van der Waals surface area contributed by atoms with Crippen molar-refractivity contribution in [1.29, 1.82) is 0 Å². The number of anilines is 1. The summed E-state index contributed by atoms with van der Waals surface area (Å²) in [5, 5.41) is 11.7. The van der Waals surface area contributed by atoms with E-state index in [2.05, 4.69) is 5.32 Å². The van der Waals surface area contributed by atoms with Gasteiger partial charge < -0.3 is 10.4 Å². The number of carboxylic acid groups (broad SMARTS) is 1. The first kappa shape index (κ1) is 12.8. The van der Waals surface area contributed by atoms with Gasteiger partial charge in [0.15, 0.2) is 0 Å². The zero-order valence-electron chi connectivity index (χ0n) is 8.33. The second kappa shape index (κ2) is 5.18. The summed E-state index contributed by atoms with van der Waals surface area (Å²) in [5.41, 5.74) is 0.410. The number of carbonyl (C=O) groups excluding carboxylic acids is 1. The van der Waals surface area contributed by atoms with Gasteiger partial charge in [-0.3, -0.25) is 9.59 Å². The first-order valence-electron chi connectivity index (χ1n) is 4.40. The van der Waals surface area contributed by atoms with Crippen molar-refractivity contribution in [3.05, 3.63) is 28.2 Å². The van der Waals surface area contributed by atoms with Crippen LogP contribution in [-0.2, 0) is 9.59 Å². The summed E-state index contributed by atoms with van der Waals surface area (Å²) < 4.78 is 0. The zero-order valence-corrected chi connectivity index (χ0v) is 9.84. The Balaban J connectivity index is 2.77. The summed E-state index contributed by atoms with van der Waals surface area (Å²) in [5.74, 6) is -2.90. The Bertz CT molecular complexity index is 434. The van der Waals surface area contributed by atoms with Crippen LogP contribution in [0, 0.1) is 5.92 Å². The Hall–Kier alpha value is -1.26. The van der Waals surface area contributed by atoms with E-state index < -0.39 is 17.8 Å². The average molecular weight is 262 g/mol. The van der Waals surface area contributed by atoms with Crippen molar-refractivity contribution in [2.75, 3.05) is 5.32 Å². The monoisotopic (exact) mass is 261 g/mol. The van der Waals surface area contributed by atoms with Gasteiger partial charge in [0, 0.05) is 5.69 Å². The third-order valence-corrected chi connectivity index (χ3v) is 2.69. The van der Waals surface area contributed by atoms with E-state index in [1.807, 2.05) is 0 Å². The largest absolute Gasteiger partial charge is 0.481 e. The molecule has 0 heterocycles. The highest BCUT2D eigenvalue weighted by Crippen LogP contribution is 2.25. The molecule has 6 heteroatoms. The van der Waals surface area contributed by atoms with Crippen LogP contribution in [0.25, 0.3) is 0 Å². The average Bonchev–Trinajstić information content (AvgIpc) is 2.22. The molecule has 0 saturated carbocycles. The van der Waals surface area contributed by atoms with Crippen molar-refractivity contribution in [3.8, 4) is 0 Å². The highest BCUT2D eigenvalue weighted by molar-refractivity contribution is 6.42. The molecule has 1 unspecified atom stereocenters. The molecular weight excluding hydrogens is 253 g/mol. The summed E-state index contributed by atoms with van der Waals surface area (Å²) in [6, 6.07) is 4.52. The number of rotatable bonds is 3. The first-order chi connectivity index (χ1) is 7.41. The van der Waals surface area contributed by atoms with Crippen LogP contribution in [0.15, 0.2) is 18.2 Å². The van der Waals surface area contributed by atoms with Gasteiger partial charge in [0.25, 0.3) is 0 Å².